The van der Waals surface area contributed by atoms with Gasteiger partial charge in [-0.2, -0.15) is 0 Å². The van der Waals surface area contributed by atoms with E-state index < -0.39 is 0 Å². The van der Waals surface area contributed by atoms with Crippen LogP contribution in [0, 0.1) is 0 Å². The van der Waals surface area contributed by atoms with Crippen LogP contribution < -0.4 is 27.7 Å². The third-order valence-corrected chi connectivity index (χ3v) is 5.41. The van der Waals surface area contributed by atoms with Crippen LogP contribution in [0.25, 0.3) is 0 Å². The lowest BCUT2D eigenvalue weighted by molar-refractivity contribution is 0.252. The molecule has 0 saturated carbocycles. The minimum Gasteiger partial charge on any atom is -0.493 e. The van der Waals surface area contributed by atoms with Gasteiger partial charge in [0.05, 0.1) is 6.61 Å². The SMILES string of the molecule is CCC(CCc1ccc(OCCCCO)c(CN)c1)c1cccs1.CN.CN.CN. The maximum Gasteiger partial charge on any atom is 0.123 e. The molecule has 1 aromatic heterocycles. The van der Waals surface area contributed by atoms with Gasteiger partial charge in [0, 0.05) is 23.6 Å². The molecule has 174 valence electrons. The summed E-state index contributed by atoms with van der Waals surface area (Å²) < 4.78 is 5.80. The average Bonchev–Trinajstić information content (AvgIpc) is 3.36. The van der Waals surface area contributed by atoms with Gasteiger partial charge in [-0.15, -0.1) is 11.3 Å². The summed E-state index contributed by atoms with van der Waals surface area (Å²) in [5.41, 5.74) is 21.8. The molecule has 6 nitrogen and oxygen atoms in total. The van der Waals surface area contributed by atoms with Gasteiger partial charge < -0.3 is 32.8 Å². The first-order valence-electron chi connectivity index (χ1n) is 10.6. The first kappa shape index (κ1) is 30.7. The number of hydrogen-bond acceptors (Lipinski definition) is 7. The number of aryl methyl sites for hydroxylation is 1. The Hall–Kier alpha value is -1.48. The van der Waals surface area contributed by atoms with Crippen LogP contribution in [-0.4, -0.2) is 39.5 Å². The molecule has 0 radical (unpaired) electrons. The molecule has 1 unspecified atom stereocenters. The Labute approximate surface area is 187 Å². The molecule has 0 aliphatic heterocycles. The molecule has 0 bridgehead atoms. The van der Waals surface area contributed by atoms with Crippen LogP contribution in [0.15, 0.2) is 35.7 Å². The molecule has 0 saturated heterocycles. The molecule has 1 aromatic carbocycles. The maximum atomic E-state index is 8.82. The number of rotatable bonds is 11. The highest BCUT2D eigenvalue weighted by Crippen LogP contribution is 2.29. The third kappa shape index (κ3) is 12.3. The zero-order valence-electron chi connectivity index (χ0n) is 19.3. The van der Waals surface area contributed by atoms with Gasteiger partial charge in [-0.25, -0.2) is 0 Å². The largest absolute Gasteiger partial charge is 0.493 e. The van der Waals surface area contributed by atoms with Crippen LogP contribution in [0.5, 0.6) is 5.75 Å². The molecular formula is C23H44N4O2S. The summed E-state index contributed by atoms with van der Waals surface area (Å²) in [5.74, 6) is 1.52. The molecule has 30 heavy (non-hydrogen) atoms. The number of unbranched alkanes of at least 4 members (excludes halogenated alkanes) is 1. The van der Waals surface area contributed by atoms with Gasteiger partial charge in [0.1, 0.15) is 5.75 Å². The number of thiophene rings is 1. The Morgan fingerprint density at radius 2 is 1.73 bits per heavy atom. The van der Waals surface area contributed by atoms with E-state index in [0.29, 0.717) is 19.1 Å². The van der Waals surface area contributed by atoms with E-state index in [2.05, 4.69) is 53.8 Å². The number of aliphatic hydroxyl groups is 1. The van der Waals surface area contributed by atoms with E-state index >= 15 is 0 Å². The van der Waals surface area contributed by atoms with Crippen LogP contribution in [-0.2, 0) is 13.0 Å². The van der Waals surface area contributed by atoms with Crippen LogP contribution in [0.4, 0.5) is 0 Å². The van der Waals surface area contributed by atoms with Gasteiger partial charge in [0.15, 0.2) is 0 Å². The van der Waals surface area contributed by atoms with Gasteiger partial charge in [-0.1, -0.05) is 25.1 Å². The molecule has 0 spiro atoms. The zero-order chi connectivity index (χ0) is 23.2. The molecule has 2 rings (SSSR count). The predicted octanol–water partition coefficient (Wildman–Crippen LogP) is 3.21. The van der Waals surface area contributed by atoms with Crippen molar-refractivity contribution >= 4 is 11.3 Å². The Balaban J connectivity index is 0. The van der Waals surface area contributed by atoms with E-state index in [0.717, 1.165) is 37.0 Å². The van der Waals surface area contributed by atoms with E-state index in [4.69, 9.17) is 15.6 Å². The fourth-order valence-corrected chi connectivity index (χ4v) is 3.85. The summed E-state index contributed by atoms with van der Waals surface area (Å²) in [6.07, 6.45) is 5.04. The van der Waals surface area contributed by atoms with E-state index in [1.165, 1.54) is 38.0 Å². The first-order valence-corrected chi connectivity index (χ1v) is 11.5. The van der Waals surface area contributed by atoms with Crippen molar-refractivity contribution in [3.05, 3.63) is 51.7 Å². The molecule has 0 amide bonds. The highest BCUT2D eigenvalue weighted by atomic mass is 32.1. The Morgan fingerprint density at radius 1 is 1.03 bits per heavy atom. The quantitative estimate of drug-likeness (QED) is 0.341. The van der Waals surface area contributed by atoms with E-state index in [-0.39, 0.29) is 6.61 Å². The second kappa shape index (κ2) is 22.2. The highest BCUT2D eigenvalue weighted by molar-refractivity contribution is 7.10. The molecule has 9 N–H and O–H groups in total. The summed E-state index contributed by atoms with van der Waals surface area (Å²) >= 11 is 1.86. The predicted molar refractivity (Wildman–Crippen MR) is 132 cm³/mol. The van der Waals surface area contributed by atoms with Gasteiger partial charge in [-0.3, -0.25) is 0 Å². The standard InChI is InChI=1S/C20H29NO2S.3CH5N/c1-2-17(20-6-5-13-24-20)9-7-16-8-10-19(18(14-16)15-21)23-12-4-3-11-22;3*1-2/h5-6,8,10,13-14,17,22H,2-4,7,9,11-12,15,21H2,1H3;3*2H2,1H3. The number of benzene rings is 1. The summed E-state index contributed by atoms with van der Waals surface area (Å²) in [4.78, 5) is 1.49. The second-order valence-electron chi connectivity index (χ2n) is 6.08. The van der Waals surface area contributed by atoms with Crippen molar-refractivity contribution < 1.29 is 9.84 Å². The van der Waals surface area contributed by atoms with Crippen molar-refractivity contribution in [3.8, 4) is 5.75 Å². The van der Waals surface area contributed by atoms with Gasteiger partial charge in [-0.05, 0) is 82.2 Å². The Morgan fingerprint density at radius 3 is 2.27 bits per heavy atom. The minimum atomic E-state index is 0.217. The fraction of sp³-hybridized carbons (Fsp3) is 0.565. The normalized spacial score (nSPS) is 10.4. The molecule has 2 aromatic rings. The smallest absolute Gasteiger partial charge is 0.123 e. The summed E-state index contributed by atoms with van der Waals surface area (Å²) in [6.45, 7) is 3.60. The van der Waals surface area contributed by atoms with Crippen molar-refractivity contribution in [3.63, 3.8) is 0 Å². The topological polar surface area (TPSA) is 134 Å². The van der Waals surface area contributed by atoms with Crippen molar-refractivity contribution in [1.29, 1.82) is 0 Å². The Bertz CT molecular complexity index is 595. The van der Waals surface area contributed by atoms with Gasteiger partial charge in [0.25, 0.3) is 0 Å². The number of aliphatic hydroxyl groups excluding tert-OH is 1. The second-order valence-corrected chi connectivity index (χ2v) is 7.06. The number of nitrogens with two attached hydrogens (primary N) is 4. The first-order chi connectivity index (χ1) is 14.8. The lowest BCUT2D eigenvalue weighted by atomic mass is 9.95. The molecule has 1 atom stereocenters. The van der Waals surface area contributed by atoms with Crippen LogP contribution in [0.3, 0.4) is 0 Å². The summed E-state index contributed by atoms with van der Waals surface area (Å²) in [7, 11) is 4.50. The van der Waals surface area contributed by atoms with Crippen molar-refractivity contribution in [2.24, 2.45) is 22.9 Å². The van der Waals surface area contributed by atoms with Crippen molar-refractivity contribution in [1.82, 2.24) is 0 Å². The third-order valence-electron chi connectivity index (χ3n) is 4.37. The zero-order valence-corrected chi connectivity index (χ0v) is 20.1. The molecule has 0 fully saturated rings. The minimum absolute atomic E-state index is 0.217. The lowest BCUT2D eigenvalue weighted by Crippen LogP contribution is -2.05. The molecule has 0 aliphatic rings. The van der Waals surface area contributed by atoms with Crippen LogP contribution in [0.1, 0.15) is 54.5 Å². The molecule has 1 heterocycles. The molecule has 7 heteroatoms. The van der Waals surface area contributed by atoms with E-state index in [1.54, 1.807) is 0 Å². The monoisotopic (exact) mass is 440 g/mol. The number of ether oxygens (including phenoxy) is 1. The fourth-order valence-electron chi connectivity index (χ4n) is 2.90. The Kier molecular flexibility index (Phi) is 22.7. The van der Waals surface area contributed by atoms with Crippen molar-refractivity contribution in [2.75, 3.05) is 34.4 Å². The summed E-state index contributed by atoms with van der Waals surface area (Å²) in [6, 6.07) is 10.8. The van der Waals surface area contributed by atoms with Gasteiger partial charge >= 0.3 is 0 Å². The lowest BCUT2D eigenvalue weighted by Gasteiger charge is -2.15. The highest BCUT2D eigenvalue weighted by Gasteiger charge is 2.11. The van der Waals surface area contributed by atoms with E-state index in [9.17, 15) is 0 Å². The molecule has 0 aliphatic carbocycles. The van der Waals surface area contributed by atoms with Crippen LogP contribution >= 0.6 is 11.3 Å². The maximum absolute atomic E-state index is 8.82. The van der Waals surface area contributed by atoms with E-state index in [1.807, 2.05) is 17.4 Å². The average molecular weight is 441 g/mol. The number of hydrogen-bond donors (Lipinski definition) is 5. The van der Waals surface area contributed by atoms with Crippen LogP contribution in [0.2, 0.25) is 0 Å². The molecular weight excluding hydrogens is 396 g/mol. The summed E-state index contributed by atoms with van der Waals surface area (Å²) in [5, 5.41) is 11.0. The van der Waals surface area contributed by atoms with Gasteiger partial charge in [0.2, 0.25) is 0 Å². The van der Waals surface area contributed by atoms with Crippen molar-refractivity contribution in [2.45, 2.75) is 51.5 Å².